The summed E-state index contributed by atoms with van der Waals surface area (Å²) in [5, 5.41) is 29.1. The van der Waals surface area contributed by atoms with Gasteiger partial charge in [-0.05, 0) is 12.1 Å². The summed E-state index contributed by atoms with van der Waals surface area (Å²) >= 11 is 0. The van der Waals surface area contributed by atoms with E-state index in [0.29, 0.717) is 11.5 Å². The molecule has 0 bridgehead atoms. The third-order valence-electron chi connectivity index (χ3n) is 2.52. The van der Waals surface area contributed by atoms with Crippen LogP contribution in [0.1, 0.15) is 16.2 Å². The summed E-state index contributed by atoms with van der Waals surface area (Å²) in [5.74, 6) is -0.139. The second kappa shape index (κ2) is 5.73. The smallest absolute Gasteiger partial charge is 0.293 e. The molecule has 0 fully saturated rings. The second-order valence-electron chi connectivity index (χ2n) is 3.75. The number of carbonyl (C=O) groups excluding carboxylic acids is 1. The molecule has 0 spiro atoms. The van der Waals surface area contributed by atoms with Gasteiger partial charge in [0.25, 0.3) is 11.6 Å². The van der Waals surface area contributed by atoms with Crippen LogP contribution in [0.3, 0.4) is 0 Å². The monoisotopic (exact) mass is 277 g/mol. The number of rotatable bonds is 5. The molecule has 0 aliphatic carbocycles. The van der Waals surface area contributed by atoms with E-state index >= 15 is 0 Å². The Bertz CT molecular complexity index is 626. The van der Waals surface area contributed by atoms with Crippen LogP contribution in [0.4, 0.5) is 11.4 Å². The molecule has 2 rings (SSSR count). The lowest BCUT2D eigenvalue weighted by molar-refractivity contribution is -0.384. The van der Waals surface area contributed by atoms with Gasteiger partial charge in [-0.15, -0.1) is 10.2 Å². The molecule has 3 N–H and O–H groups in total. The van der Waals surface area contributed by atoms with E-state index in [2.05, 4.69) is 31.3 Å². The van der Waals surface area contributed by atoms with Crippen LogP contribution in [0.2, 0.25) is 0 Å². The summed E-state index contributed by atoms with van der Waals surface area (Å²) in [4.78, 5) is 22.2. The van der Waals surface area contributed by atoms with Crippen molar-refractivity contribution >= 4 is 17.3 Å². The van der Waals surface area contributed by atoms with Gasteiger partial charge in [0.1, 0.15) is 5.69 Å². The molecule has 0 aliphatic rings. The molecule has 1 heterocycles. The van der Waals surface area contributed by atoms with E-state index in [1.165, 1.54) is 18.2 Å². The molecule has 1 amide bonds. The van der Waals surface area contributed by atoms with Crippen LogP contribution in [-0.2, 0) is 6.54 Å². The minimum atomic E-state index is -0.554. The molecule has 0 saturated heterocycles. The number of benzene rings is 1. The van der Waals surface area contributed by atoms with Gasteiger partial charge >= 0.3 is 0 Å². The first-order valence-electron chi connectivity index (χ1n) is 5.58. The highest BCUT2D eigenvalue weighted by Gasteiger charge is 2.16. The maximum atomic E-state index is 11.9. The molecule has 0 aliphatic heterocycles. The second-order valence-corrected chi connectivity index (χ2v) is 3.75. The molecule has 2 aromatic rings. The molecular weight excluding hydrogens is 266 g/mol. The first kappa shape index (κ1) is 13.4. The Labute approximate surface area is 112 Å². The lowest BCUT2D eigenvalue weighted by Gasteiger charge is -2.05. The lowest BCUT2D eigenvalue weighted by atomic mass is 10.1. The zero-order valence-corrected chi connectivity index (χ0v) is 10.5. The minimum Gasteiger partial charge on any atom is -0.383 e. The fourth-order valence-electron chi connectivity index (χ4n) is 1.55. The van der Waals surface area contributed by atoms with E-state index in [0.717, 1.165) is 0 Å². The number of nitro groups is 1. The van der Waals surface area contributed by atoms with Crippen LogP contribution >= 0.6 is 0 Å². The molecule has 10 heteroatoms. The fraction of sp³-hybridized carbons (Fsp3) is 0.200. The van der Waals surface area contributed by atoms with Crippen molar-refractivity contribution in [2.24, 2.45) is 0 Å². The third kappa shape index (κ3) is 2.85. The third-order valence-corrected chi connectivity index (χ3v) is 2.52. The topological polar surface area (TPSA) is 139 Å². The van der Waals surface area contributed by atoms with Crippen LogP contribution in [0.15, 0.2) is 18.2 Å². The van der Waals surface area contributed by atoms with E-state index in [-0.39, 0.29) is 17.8 Å². The fourth-order valence-corrected chi connectivity index (χ4v) is 1.55. The Morgan fingerprint density at radius 2 is 2.30 bits per heavy atom. The average Bonchev–Trinajstić information content (AvgIpc) is 2.97. The SMILES string of the molecule is CNc1ccc(C(=O)NCc2nn[nH]n2)cc1[N+](=O)[O-]. The number of nitrogens with zero attached hydrogens (tertiary/aromatic N) is 4. The van der Waals surface area contributed by atoms with Crippen molar-refractivity contribution in [1.82, 2.24) is 25.9 Å². The lowest BCUT2D eigenvalue weighted by Crippen LogP contribution is -2.23. The Morgan fingerprint density at radius 1 is 1.50 bits per heavy atom. The summed E-state index contributed by atoms with van der Waals surface area (Å²) in [5.41, 5.74) is 0.351. The number of carbonyl (C=O) groups is 1. The van der Waals surface area contributed by atoms with Gasteiger partial charge in [-0.1, -0.05) is 5.21 Å². The normalized spacial score (nSPS) is 10.1. The zero-order valence-electron chi connectivity index (χ0n) is 10.5. The average molecular weight is 277 g/mol. The summed E-state index contributed by atoms with van der Waals surface area (Å²) in [6.45, 7) is 0.0803. The van der Waals surface area contributed by atoms with E-state index in [9.17, 15) is 14.9 Å². The highest BCUT2D eigenvalue weighted by molar-refractivity contribution is 5.95. The van der Waals surface area contributed by atoms with Crippen molar-refractivity contribution < 1.29 is 9.72 Å². The van der Waals surface area contributed by atoms with E-state index in [1.54, 1.807) is 7.05 Å². The first-order chi connectivity index (χ1) is 9.61. The number of nitro benzene ring substituents is 1. The van der Waals surface area contributed by atoms with Crippen LogP contribution in [0.25, 0.3) is 0 Å². The Hall–Kier alpha value is -3.04. The molecule has 0 saturated carbocycles. The Morgan fingerprint density at radius 3 is 2.90 bits per heavy atom. The number of H-pyrrole nitrogens is 1. The quantitative estimate of drug-likeness (QED) is 0.519. The number of aromatic amines is 1. The van der Waals surface area contributed by atoms with E-state index in [1.807, 2.05) is 0 Å². The molecule has 10 nitrogen and oxygen atoms in total. The van der Waals surface area contributed by atoms with E-state index in [4.69, 9.17) is 0 Å². The predicted octanol–water partition coefficient (Wildman–Crippen LogP) is 0.0796. The molecule has 20 heavy (non-hydrogen) atoms. The number of aromatic nitrogens is 4. The Kier molecular flexibility index (Phi) is 3.84. The van der Waals surface area contributed by atoms with Crippen LogP contribution < -0.4 is 10.6 Å². The van der Waals surface area contributed by atoms with Gasteiger partial charge in [0, 0.05) is 18.7 Å². The molecule has 104 valence electrons. The molecule has 0 radical (unpaired) electrons. The number of hydrogen-bond acceptors (Lipinski definition) is 7. The summed E-state index contributed by atoms with van der Waals surface area (Å²) in [6.07, 6.45) is 0. The maximum Gasteiger partial charge on any atom is 0.293 e. The van der Waals surface area contributed by atoms with Crippen LogP contribution in [-0.4, -0.2) is 38.5 Å². The van der Waals surface area contributed by atoms with Gasteiger partial charge in [-0.2, -0.15) is 5.21 Å². The number of anilines is 1. The van der Waals surface area contributed by atoms with Crippen molar-refractivity contribution in [3.05, 3.63) is 39.7 Å². The number of tetrazole rings is 1. The Balaban J connectivity index is 2.13. The van der Waals surface area contributed by atoms with Gasteiger partial charge in [0.15, 0.2) is 5.82 Å². The summed E-state index contributed by atoms with van der Waals surface area (Å²) in [6, 6.07) is 4.17. The largest absolute Gasteiger partial charge is 0.383 e. The summed E-state index contributed by atoms with van der Waals surface area (Å²) < 4.78 is 0. The molecule has 1 aromatic carbocycles. The standard InChI is InChI=1S/C10H11N7O3/c1-11-7-3-2-6(4-8(7)17(19)20)10(18)12-5-9-13-15-16-14-9/h2-4,11H,5H2,1H3,(H,12,18)(H,13,14,15,16). The van der Waals surface area contributed by atoms with Crippen molar-refractivity contribution in [2.75, 3.05) is 12.4 Å². The van der Waals surface area contributed by atoms with Crippen molar-refractivity contribution in [3.8, 4) is 0 Å². The van der Waals surface area contributed by atoms with Crippen molar-refractivity contribution in [2.45, 2.75) is 6.54 Å². The van der Waals surface area contributed by atoms with Crippen LogP contribution in [0.5, 0.6) is 0 Å². The van der Waals surface area contributed by atoms with Crippen molar-refractivity contribution in [3.63, 3.8) is 0 Å². The van der Waals surface area contributed by atoms with Gasteiger partial charge in [-0.25, -0.2) is 0 Å². The minimum absolute atomic E-state index is 0.0803. The number of amides is 1. The highest BCUT2D eigenvalue weighted by atomic mass is 16.6. The molecular formula is C10H11N7O3. The van der Waals surface area contributed by atoms with Gasteiger partial charge in [-0.3, -0.25) is 14.9 Å². The number of hydrogen-bond donors (Lipinski definition) is 3. The molecule has 0 atom stereocenters. The summed E-state index contributed by atoms with van der Waals surface area (Å²) in [7, 11) is 1.57. The van der Waals surface area contributed by atoms with E-state index < -0.39 is 10.8 Å². The van der Waals surface area contributed by atoms with Crippen LogP contribution in [0, 0.1) is 10.1 Å². The van der Waals surface area contributed by atoms with Gasteiger partial charge < -0.3 is 10.6 Å². The van der Waals surface area contributed by atoms with Gasteiger partial charge in [0.05, 0.1) is 11.5 Å². The number of nitrogens with one attached hydrogen (secondary N) is 3. The zero-order chi connectivity index (χ0) is 14.5. The first-order valence-corrected chi connectivity index (χ1v) is 5.58. The van der Waals surface area contributed by atoms with Gasteiger partial charge in [0.2, 0.25) is 0 Å². The predicted molar refractivity (Wildman–Crippen MR) is 68.0 cm³/mol. The molecule has 1 aromatic heterocycles. The maximum absolute atomic E-state index is 11.9. The highest BCUT2D eigenvalue weighted by Crippen LogP contribution is 2.24. The molecule has 0 unspecified atom stereocenters. The van der Waals surface area contributed by atoms with Crippen molar-refractivity contribution in [1.29, 1.82) is 0 Å².